The van der Waals surface area contributed by atoms with Crippen molar-refractivity contribution < 1.29 is 4.79 Å². The molecule has 136 valence electrons. The highest BCUT2D eigenvalue weighted by atomic mass is 16.2. The van der Waals surface area contributed by atoms with Gasteiger partial charge in [0.05, 0.1) is 18.4 Å². The van der Waals surface area contributed by atoms with Gasteiger partial charge < -0.3 is 19.8 Å². The van der Waals surface area contributed by atoms with Crippen LogP contribution in [0.2, 0.25) is 0 Å². The summed E-state index contributed by atoms with van der Waals surface area (Å²) in [5.41, 5.74) is 5.13. The lowest BCUT2D eigenvalue weighted by molar-refractivity contribution is -0.136. The highest BCUT2D eigenvalue weighted by molar-refractivity contribution is 5.85. The van der Waals surface area contributed by atoms with E-state index in [1.165, 1.54) is 0 Å². The number of nitrogens with two attached hydrogens (primary N) is 1. The minimum Gasteiger partial charge on any atom is -0.341 e. The lowest BCUT2D eigenvalue weighted by Crippen LogP contribution is -2.53. The molecular formula is C17H27N7O. The van der Waals surface area contributed by atoms with E-state index in [0.717, 1.165) is 44.1 Å². The number of piperidine rings is 1. The lowest BCUT2D eigenvalue weighted by atomic mass is 9.94. The number of amides is 1. The Morgan fingerprint density at radius 3 is 2.60 bits per heavy atom. The minimum absolute atomic E-state index is 0.0173. The Kier molecular flexibility index (Phi) is 4.89. The van der Waals surface area contributed by atoms with Gasteiger partial charge in [-0.05, 0) is 33.6 Å². The molecule has 0 spiro atoms. The largest absolute Gasteiger partial charge is 0.341 e. The number of hydrogen-bond donors (Lipinski definition) is 1. The van der Waals surface area contributed by atoms with Crippen LogP contribution in [0.5, 0.6) is 0 Å². The van der Waals surface area contributed by atoms with Gasteiger partial charge in [-0.2, -0.15) is 0 Å². The second kappa shape index (κ2) is 6.95. The Morgan fingerprint density at radius 2 is 2.04 bits per heavy atom. The monoisotopic (exact) mass is 345 g/mol. The van der Waals surface area contributed by atoms with Gasteiger partial charge in [-0.3, -0.25) is 4.79 Å². The van der Waals surface area contributed by atoms with Crippen LogP contribution in [0.15, 0.2) is 18.7 Å². The Bertz CT molecular complexity index is 706. The molecule has 0 unspecified atom stereocenters. The van der Waals surface area contributed by atoms with Crippen molar-refractivity contribution in [2.75, 3.05) is 13.1 Å². The quantitative estimate of drug-likeness (QED) is 0.872. The molecule has 3 heterocycles. The minimum atomic E-state index is -0.811. The molecule has 0 aromatic carbocycles. The summed E-state index contributed by atoms with van der Waals surface area (Å²) in [6, 6.07) is 0. The van der Waals surface area contributed by atoms with Gasteiger partial charge in [0.1, 0.15) is 5.82 Å². The van der Waals surface area contributed by atoms with Crippen LogP contribution in [0.4, 0.5) is 0 Å². The van der Waals surface area contributed by atoms with Gasteiger partial charge in [0.2, 0.25) is 5.91 Å². The lowest BCUT2D eigenvalue weighted by Gasteiger charge is -2.35. The standard InChI is InChI=1S/C17H27N7O/c1-4-24-14(11-22-10-7-19-12-22)20-21-15(24)13-5-8-23(9-6-13)16(25)17(2,3)18/h7,10,12-13H,4-6,8-9,11,18H2,1-3H3. The zero-order valence-corrected chi connectivity index (χ0v) is 15.2. The van der Waals surface area contributed by atoms with Crippen molar-refractivity contribution in [1.82, 2.24) is 29.2 Å². The van der Waals surface area contributed by atoms with Crippen molar-refractivity contribution >= 4 is 5.91 Å². The molecule has 1 amide bonds. The van der Waals surface area contributed by atoms with Crippen molar-refractivity contribution in [3.8, 4) is 0 Å². The molecule has 25 heavy (non-hydrogen) atoms. The van der Waals surface area contributed by atoms with E-state index in [2.05, 4.69) is 26.7 Å². The predicted molar refractivity (Wildman–Crippen MR) is 93.8 cm³/mol. The van der Waals surface area contributed by atoms with Crippen LogP contribution >= 0.6 is 0 Å². The normalized spacial score (nSPS) is 16.4. The smallest absolute Gasteiger partial charge is 0.242 e. The number of rotatable bonds is 5. The van der Waals surface area contributed by atoms with E-state index in [-0.39, 0.29) is 5.91 Å². The van der Waals surface area contributed by atoms with Gasteiger partial charge >= 0.3 is 0 Å². The molecule has 1 aliphatic heterocycles. The van der Waals surface area contributed by atoms with Crippen LogP contribution in [0.3, 0.4) is 0 Å². The second-order valence-electron chi connectivity index (χ2n) is 7.24. The summed E-state index contributed by atoms with van der Waals surface area (Å²) in [6.07, 6.45) is 7.26. The van der Waals surface area contributed by atoms with Gasteiger partial charge in [0, 0.05) is 37.9 Å². The van der Waals surface area contributed by atoms with E-state index < -0.39 is 5.54 Å². The first kappa shape index (κ1) is 17.6. The van der Waals surface area contributed by atoms with Crippen molar-refractivity contribution in [2.24, 2.45) is 5.73 Å². The molecule has 1 fully saturated rings. The molecule has 3 rings (SSSR count). The van der Waals surface area contributed by atoms with E-state index in [1.807, 2.05) is 15.7 Å². The van der Waals surface area contributed by atoms with Crippen LogP contribution in [0.25, 0.3) is 0 Å². The van der Waals surface area contributed by atoms with E-state index >= 15 is 0 Å². The summed E-state index contributed by atoms with van der Waals surface area (Å²) >= 11 is 0. The van der Waals surface area contributed by atoms with Crippen LogP contribution in [0, 0.1) is 0 Å². The fourth-order valence-corrected chi connectivity index (χ4v) is 3.40. The molecule has 0 atom stereocenters. The Morgan fingerprint density at radius 1 is 1.32 bits per heavy atom. The molecule has 1 saturated heterocycles. The second-order valence-corrected chi connectivity index (χ2v) is 7.24. The van der Waals surface area contributed by atoms with Crippen LogP contribution in [-0.4, -0.2) is 53.8 Å². The summed E-state index contributed by atoms with van der Waals surface area (Å²) in [5.74, 6) is 2.31. The average Bonchev–Trinajstić information content (AvgIpc) is 3.23. The van der Waals surface area contributed by atoms with Crippen molar-refractivity contribution in [2.45, 2.75) is 58.2 Å². The number of likely N-dealkylation sites (tertiary alicyclic amines) is 1. The molecular weight excluding hydrogens is 318 g/mol. The van der Waals surface area contributed by atoms with Gasteiger partial charge in [-0.1, -0.05) is 0 Å². The van der Waals surface area contributed by atoms with E-state index in [9.17, 15) is 4.79 Å². The maximum Gasteiger partial charge on any atom is 0.242 e. The first-order valence-corrected chi connectivity index (χ1v) is 8.86. The summed E-state index contributed by atoms with van der Waals surface area (Å²) in [5, 5.41) is 8.86. The molecule has 0 bridgehead atoms. The molecule has 8 nitrogen and oxygen atoms in total. The molecule has 1 aliphatic rings. The van der Waals surface area contributed by atoms with E-state index in [0.29, 0.717) is 12.5 Å². The average molecular weight is 345 g/mol. The summed E-state index contributed by atoms with van der Waals surface area (Å²) < 4.78 is 4.18. The molecule has 0 radical (unpaired) electrons. The van der Waals surface area contributed by atoms with Crippen LogP contribution < -0.4 is 5.73 Å². The number of hydrogen-bond acceptors (Lipinski definition) is 5. The molecule has 2 aromatic rings. The molecule has 2 aromatic heterocycles. The number of carbonyl (C=O) groups excluding carboxylic acids is 1. The van der Waals surface area contributed by atoms with Crippen molar-refractivity contribution in [3.63, 3.8) is 0 Å². The highest BCUT2D eigenvalue weighted by Crippen LogP contribution is 2.28. The summed E-state index contributed by atoms with van der Waals surface area (Å²) in [7, 11) is 0. The third kappa shape index (κ3) is 3.73. The fourth-order valence-electron chi connectivity index (χ4n) is 3.40. The van der Waals surface area contributed by atoms with Gasteiger partial charge in [-0.15, -0.1) is 10.2 Å². The Balaban J connectivity index is 1.69. The predicted octanol–water partition coefficient (Wildman–Crippen LogP) is 0.986. The van der Waals surface area contributed by atoms with Crippen LogP contribution in [0.1, 0.15) is 51.2 Å². The number of aromatic nitrogens is 5. The zero-order chi connectivity index (χ0) is 18.0. The summed E-state index contributed by atoms with van der Waals surface area (Å²) in [6.45, 7) is 8.57. The van der Waals surface area contributed by atoms with Crippen molar-refractivity contribution in [1.29, 1.82) is 0 Å². The topological polar surface area (TPSA) is 94.9 Å². The number of nitrogens with zero attached hydrogens (tertiary/aromatic N) is 6. The number of imidazole rings is 1. The van der Waals surface area contributed by atoms with Crippen molar-refractivity contribution in [3.05, 3.63) is 30.4 Å². The highest BCUT2D eigenvalue weighted by Gasteiger charge is 2.32. The third-order valence-electron chi connectivity index (χ3n) is 4.75. The van der Waals surface area contributed by atoms with E-state index in [1.54, 1.807) is 26.4 Å². The Labute approximate surface area is 148 Å². The maximum absolute atomic E-state index is 12.3. The maximum atomic E-state index is 12.3. The summed E-state index contributed by atoms with van der Waals surface area (Å²) in [4.78, 5) is 18.3. The van der Waals surface area contributed by atoms with Gasteiger partial charge in [0.25, 0.3) is 0 Å². The molecule has 0 saturated carbocycles. The molecule has 8 heteroatoms. The molecule has 0 aliphatic carbocycles. The van der Waals surface area contributed by atoms with E-state index in [4.69, 9.17) is 5.73 Å². The Hall–Kier alpha value is -2.22. The van der Waals surface area contributed by atoms with Gasteiger partial charge in [-0.25, -0.2) is 4.98 Å². The first-order chi connectivity index (χ1) is 11.9. The zero-order valence-electron chi connectivity index (χ0n) is 15.2. The molecule has 2 N–H and O–H groups in total. The third-order valence-corrected chi connectivity index (χ3v) is 4.75. The van der Waals surface area contributed by atoms with Gasteiger partial charge in [0.15, 0.2) is 5.82 Å². The first-order valence-electron chi connectivity index (χ1n) is 8.86. The number of carbonyl (C=O) groups is 1. The fraction of sp³-hybridized carbons (Fsp3) is 0.647. The van der Waals surface area contributed by atoms with Crippen LogP contribution in [-0.2, 0) is 17.9 Å². The SMILES string of the molecule is CCn1c(Cn2ccnc2)nnc1C1CCN(C(=O)C(C)(C)N)CC1.